The Labute approximate surface area is 426 Å². The van der Waals surface area contributed by atoms with Crippen LogP contribution in [0.25, 0.3) is 0 Å². The third-order valence-corrected chi connectivity index (χ3v) is 15.7. The summed E-state index contributed by atoms with van der Waals surface area (Å²) in [4.78, 5) is 35.7. The molecule has 73 heavy (non-hydrogen) atoms. The number of carbonyl (C=O) groups excluding carboxylic acids is 2. The lowest BCUT2D eigenvalue weighted by Gasteiger charge is -2.38. The Bertz CT molecular complexity index is 3380. The Morgan fingerprint density at radius 1 is 0.397 bits per heavy atom. The molecule has 0 amide bonds. The van der Waals surface area contributed by atoms with E-state index in [1.54, 1.807) is 0 Å². The summed E-state index contributed by atoms with van der Waals surface area (Å²) >= 11 is 0. The molecule has 0 fully saturated rings. The lowest BCUT2D eigenvalue weighted by atomic mass is 9.77. The molecule has 10 nitrogen and oxygen atoms in total. The van der Waals surface area contributed by atoms with Gasteiger partial charge in [0.2, 0.25) is 0 Å². The zero-order valence-corrected chi connectivity index (χ0v) is 42.7. The van der Waals surface area contributed by atoms with E-state index < -0.39 is 11.2 Å². The standard InChI is InChI=1S/C63H56N4O6/c1-37-31-55-51(62(47-17-13-11-15-45(47)59(68)72-62)49-29-27-43(64(5)6)33-57(49)70-55)35-53(37)66(9)41-23-19-39(20-24-41)61(3,4)40-21-25-42(26-22-40)67(10)54-36-52-56(32-38(54)2)71-58-34-44(65(7)8)28-30-50(58)63(52)48-18-14-12-16-46(48)60(69)73-63/h11-36H,1-10H3. The summed E-state index contributed by atoms with van der Waals surface area (Å²) < 4.78 is 26.4. The fourth-order valence-corrected chi connectivity index (χ4v) is 11.5. The Balaban J connectivity index is 0.835. The van der Waals surface area contributed by atoms with E-state index in [-0.39, 0.29) is 17.4 Å². The molecular formula is C63H56N4O6. The number of fused-ring (bicyclic) bond motifs is 12. The van der Waals surface area contributed by atoms with E-state index >= 15 is 0 Å². The minimum Gasteiger partial charge on any atom is -0.456 e. The zero-order valence-electron chi connectivity index (χ0n) is 42.7. The summed E-state index contributed by atoms with van der Waals surface area (Å²) in [5.74, 6) is 1.93. The molecule has 0 aromatic heterocycles. The molecule has 2 spiro atoms. The molecule has 4 aliphatic rings. The fourth-order valence-electron chi connectivity index (χ4n) is 11.5. The summed E-state index contributed by atoms with van der Waals surface area (Å²) in [5, 5.41) is 0. The van der Waals surface area contributed by atoms with Crippen LogP contribution in [0.3, 0.4) is 0 Å². The van der Waals surface area contributed by atoms with Gasteiger partial charge in [-0.05, 0) is 121 Å². The first-order valence-electron chi connectivity index (χ1n) is 24.6. The number of nitrogens with zero attached hydrogens (tertiary/aromatic N) is 4. The van der Waals surface area contributed by atoms with Crippen molar-refractivity contribution in [1.29, 1.82) is 0 Å². The van der Waals surface area contributed by atoms with Crippen LogP contribution >= 0.6 is 0 Å². The van der Waals surface area contributed by atoms with E-state index in [2.05, 4.69) is 124 Å². The molecule has 364 valence electrons. The minimum atomic E-state index is -1.18. The molecule has 4 aliphatic heterocycles. The van der Waals surface area contributed by atoms with Gasteiger partial charge in [-0.3, -0.25) is 0 Å². The van der Waals surface area contributed by atoms with Crippen molar-refractivity contribution < 1.29 is 28.5 Å². The van der Waals surface area contributed by atoms with E-state index in [9.17, 15) is 9.59 Å². The van der Waals surface area contributed by atoms with Gasteiger partial charge in [0.25, 0.3) is 0 Å². The zero-order chi connectivity index (χ0) is 50.9. The predicted octanol–water partition coefficient (Wildman–Crippen LogP) is 13.4. The second-order valence-corrected chi connectivity index (χ2v) is 20.7. The van der Waals surface area contributed by atoms with Crippen LogP contribution in [0.1, 0.15) is 90.2 Å². The SMILES string of the molecule is Cc1cc2c(cc1N(C)c1ccc(C(C)(C)c3ccc(N(C)c4cc5c(cc4C)Oc4cc(N(C)C)ccc4C54OC(=O)c5ccccc54)cc3)cc1)C1(OC(=O)c3ccccc31)c1ccc(N(C)C)cc1O2. The van der Waals surface area contributed by atoms with Gasteiger partial charge in [-0.1, -0.05) is 74.5 Å². The number of rotatable bonds is 8. The van der Waals surface area contributed by atoms with Crippen LogP contribution in [0.15, 0.2) is 158 Å². The van der Waals surface area contributed by atoms with Gasteiger partial charge in [-0.25, -0.2) is 9.59 Å². The number of aryl methyl sites for hydroxylation is 2. The predicted molar refractivity (Wildman–Crippen MR) is 289 cm³/mol. The number of hydrogen-bond acceptors (Lipinski definition) is 10. The van der Waals surface area contributed by atoms with Gasteiger partial charge in [-0.15, -0.1) is 0 Å². The molecule has 0 bridgehead atoms. The van der Waals surface area contributed by atoms with Crippen molar-refractivity contribution >= 4 is 46.1 Å². The van der Waals surface area contributed by atoms with Gasteiger partial charge >= 0.3 is 11.9 Å². The molecular weight excluding hydrogens is 909 g/mol. The van der Waals surface area contributed by atoms with E-state index in [4.69, 9.17) is 18.9 Å². The largest absolute Gasteiger partial charge is 0.456 e. The summed E-state index contributed by atoms with van der Waals surface area (Å²) in [5.41, 5.74) is 13.5. The maximum absolute atomic E-state index is 13.6. The van der Waals surface area contributed by atoms with E-state index in [1.165, 1.54) is 11.1 Å². The van der Waals surface area contributed by atoms with Crippen molar-refractivity contribution in [3.8, 4) is 23.0 Å². The fraction of sp³-hybridized carbons (Fsp3) is 0.206. The lowest BCUT2D eigenvalue weighted by Crippen LogP contribution is -2.33. The molecule has 0 saturated heterocycles. The summed E-state index contributed by atoms with van der Waals surface area (Å²) in [6.07, 6.45) is 0. The van der Waals surface area contributed by atoms with Crippen LogP contribution in [0.2, 0.25) is 0 Å². The highest BCUT2D eigenvalue weighted by Gasteiger charge is 2.55. The van der Waals surface area contributed by atoms with Gasteiger partial charge in [0, 0.05) is 127 Å². The Hall–Kier alpha value is -8.50. The first-order valence-corrected chi connectivity index (χ1v) is 24.6. The second-order valence-electron chi connectivity index (χ2n) is 20.7. The molecule has 4 heterocycles. The van der Waals surface area contributed by atoms with Crippen molar-refractivity contribution in [2.45, 2.75) is 44.3 Å². The smallest absolute Gasteiger partial charge is 0.340 e. The molecule has 0 N–H and O–H groups in total. The third kappa shape index (κ3) is 6.69. The molecule has 8 aromatic rings. The molecule has 0 radical (unpaired) electrons. The number of hydrogen-bond donors (Lipinski definition) is 0. The normalized spacial score (nSPS) is 17.5. The van der Waals surface area contributed by atoms with Crippen LogP contribution in [0.4, 0.5) is 34.1 Å². The van der Waals surface area contributed by atoms with Crippen molar-refractivity contribution in [2.75, 3.05) is 61.9 Å². The van der Waals surface area contributed by atoms with Gasteiger partial charge in [0.05, 0.1) is 11.1 Å². The number of benzene rings is 8. The topological polar surface area (TPSA) is 84.0 Å². The minimum absolute atomic E-state index is 0.329. The van der Waals surface area contributed by atoms with Crippen LogP contribution in [0.5, 0.6) is 23.0 Å². The highest BCUT2D eigenvalue weighted by atomic mass is 16.6. The van der Waals surface area contributed by atoms with Crippen molar-refractivity contribution in [2.24, 2.45) is 0 Å². The lowest BCUT2D eigenvalue weighted by molar-refractivity contribution is 0.0214. The maximum Gasteiger partial charge on any atom is 0.340 e. The van der Waals surface area contributed by atoms with Crippen molar-refractivity contribution in [3.05, 3.63) is 224 Å². The molecule has 0 saturated carbocycles. The average Bonchev–Trinajstić information content (AvgIpc) is 3.85. The van der Waals surface area contributed by atoms with Crippen LogP contribution in [-0.2, 0) is 26.1 Å². The third-order valence-electron chi connectivity index (χ3n) is 15.7. The summed E-state index contributed by atoms with van der Waals surface area (Å²) in [6.45, 7) is 8.68. The number of anilines is 6. The Kier molecular flexibility index (Phi) is 10.2. The van der Waals surface area contributed by atoms with Crippen LogP contribution in [-0.4, -0.2) is 54.2 Å². The summed E-state index contributed by atoms with van der Waals surface area (Å²) in [7, 11) is 12.1. The molecule has 8 aromatic carbocycles. The molecule has 0 aliphatic carbocycles. The molecule has 2 unspecified atom stereocenters. The van der Waals surface area contributed by atoms with Crippen LogP contribution in [0, 0.1) is 13.8 Å². The monoisotopic (exact) mass is 964 g/mol. The van der Waals surface area contributed by atoms with Gasteiger partial charge in [0.1, 0.15) is 23.0 Å². The Morgan fingerprint density at radius 3 is 1.14 bits per heavy atom. The van der Waals surface area contributed by atoms with Gasteiger partial charge < -0.3 is 38.5 Å². The molecule has 10 heteroatoms. The number of carbonyl (C=O) groups is 2. The molecule has 12 rings (SSSR count). The van der Waals surface area contributed by atoms with E-state index in [0.717, 1.165) is 78.6 Å². The van der Waals surface area contributed by atoms with E-state index in [0.29, 0.717) is 34.1 Å². The van der Waals surface area contributed by atoms with Crippen LogP contribution < -0.4 is 29.1 Å². The average molecular weight is 965 g/mol. The van der Waals surface area contributed by atoms with Crippen molar-refractivity contribution in [1.82, 2.24) is 0 Å². The highest BCUT2D eigenvalue weighted by Crippen LogP contribution is 2.59. The van der Waals surface area contributed by atoms with E-state index in [1.807, 2.05) is 123 Å². The summed E-state index contributed by atoms with van der Waals surface area (Å²) in [6, 6.07) is 53.4. The number of ether oxygens (including phenoxy) is 4. The van der Waals surface area contributed by atoms with Crippen molar-refractivity contribution in [3.63, 3.8) is 0 Å². The Morgan fingerprint density at radius 2 is 0.753 bits per heavy atom. The quantitative estimate of drug-likeness (QED) is 0.137. The number of esters is 2. The molecule has 2 atom stereocenters. The maximum atomic E-state index is 13.6. The highest BCUT2D eigenvalue weighted by molar-refractivity contribution is 5.98. The van der Waals surface area contributed by atoms with Gasteiger partial charge in [-0.2, -0.15) is 0 Å². The van der Waals surface area contributed by atoms with Gasteiger partial charge in [0.15, 0.2) is 11.2 Å². The second kappa shape index (κ2) is 16.3. The first-order chi connectivity index (χ1) is 35.0. The first kappa shape index (κ1) is 45.6.